The Labute approximate surface area is 835 Å². The van der Waals surface area contributed by atoms with Crippen LogP contribution in [-0.4, -0.2) is 95.1 Å². The first kappa shape index (κ1) is 117. The molecular formula is C116H137B10ClF6NO2S. The Kier molecular flexibility index (Phi) is 55.6. The van der Waals surface area contributed by atoms with Crippen molar-refractivity contribution in [3.63, 3.8) is 0 Å². The van der Waals surface area contributed by atoms with E-state index in [2.05, 4.69) is 195 Å². The van der Waals surface area contributed by atoms with E-state index in [-0.39, 0.29) is 45.7 Å². The summed E-state index contributed by atoms with van der Waals surface area (Å²) in [5.74, 6) is -0.310. The Hall–Kier alpha value is -10.1. The van der Waals surface area contributed by atoms with E-state index in [4.69, 9.17) is 19.4 Å². The molecule has 0 unspecified atom stereocenters. The fraction of sp³-hybridized carbons (Fsp3) is 0.310. The van der Waals surface area contributed by atoms with Gasteiger partial charge in [-0.2, -0.15) is 0 Å². The maximum Gasteiger partial charge on any atom is 0.175 e. The summed E-state index contributed by atoms with van der Waals surface area (Å²) in [7, 11) is 22.5. The molecule has 137 heavy (non-hydrogen) atoms. The Morgan fingerprint density at radius 1 is 0.423 bits per heavy atom. The van der Waals surface area contributed by atoms with Crippen LogP contribution < -0.4 is 54.1 Å². The molecule has 0 amide bonds. The second-order valence-corrected chi connectivity index (χ2v) is 37.4. The zero-order chi connectivity index (χ0) is 101. The van der Waals surface area contributed by atoms with Crippen LogP contribution in [0.4, 0.5) is 32.0 Å². The van der Waals surface area contributed by atoms with Crippen molar-refractivity contribution in [3.05, 3.63) is 406 Å². The molecule has 3 nitrogen and oxygen atoms in total. The molecule has 1 fully saturated rings. The molecule has 0 atom stereocenters. The van der Waals surface area contributed by atoms with Crippen LogP contribution in [-0.2, 0) is 27.0 Å². The van der Waals surface area contributed by atoms with Crippen LogP contribution in [0.15, 0.2) is 332 Å². The standard InChI is InChI=1S/C30H35NO2S.2C12H17BF.C11H13BF.C8H9BCl.C8H9BF.C7H7BF.C7H6BF.3C7H8B/c1-20-14-16-23-21(2)24(29(3,4)25(23)18-20)12-10-9-11-13-28-30(5,6)26-19-22(34(8,32)33)15-17-27(26)31(28)7;2*1-2-3-4-5-9-13-11-7-6-8-12(14)10-11;13-11-7-3-6-10(8-11)12-9-4-1-2-5-9;1-6-3-4-7(9-2)5-8(6)10;1-6-3-4-7(10)5-8(6)9-2;1-8-6-3-2-4-7(9)5-6;8-5-6-2-1-3-7(9)4-6;3*1-8-7-5-3-2-4-6-7/h9-19H,1-8H3;2*6-8,10H,2-5,9H2,1H3;3,6-9H,1-2,4-5H2;2*3-5H,1-2H3;2-5H,1H3;1-4H,5H2;3*2-6H,1H3/b11-9+,12-10+,28-13+;;;;;;;;;;. The lowest BCUT2D eigenvalue weighted by atomic mass is 9.58. The monoisotopic (exact) mass is 1870 g/mol. The normalized spacial score (nSPS) is 12.9. The van der Waals surface area contributed by atoms with E-state index in [9.17, 15) is 34.8 Å². The van der Waals surface area contributed by atoms with E-state index in [0.29, 0.717) is 17.0 Å². The van der Waals surface area contributed by atoms with Gasteiger partial charge in [-0.1, -0.05) is 474 Å². The average Bonchev–Trinajstić information content (AvgIpc) is 1.59. The van der Waals surface area contributed by atoms with Crippen LogP contribution in [0.2, 0.25) is 64.4 Å². The van der Waals surface area contributed by atoms with Crippen molar-refractivity contribution >= 4 is 155 Å². The van der Waals surface area contributed by atoms with Gasteiger partial charge in [0.25, 0.3) is 0 Å². The van der Waals surface area contributed by atoms with Crippen LogP contribution in [0.5, 0.6) is 0 Å². The number of anilines is 1. The maximum atomic E-state index is 12.8. The van der Waals surface area contributed by atoms with Gasteiger partial charge in [0.05, 0.1) is 12.7 Å². The fourth-order valence-corrected chi connectivity index (χ4v) is 16.3. The van der Waals surface area contributed by atoms with Crippen molar-refractivity contribution < 1.29 is 34.8 Å². The fourth-order valence-electron chi connectivity index (χ4n) is 15.5. The lowest BCUT2D eigenvalue weighted by Gasteiger charge is -2.23. The van der Waals surface area contributed by atoms with Crippen LogP contribution in [0.1, 0.15) is 164 Å². The maximum absolute atomic E-state index is 12.8. The van der Waals surface area contributed by atoms with Crippen molar-refractivity contribution in [1.82, 2.24) is 0 Å². The number of fused-ring (bicyclic) bond motifs is 2. The van der Waals surface area contributed by atoms with Gasteiger partial charge in [-0.15, -0.1) is 0 Å². The number of unbranched alkanes of at least 4 members (excludes halogenated alkanes) is 6. The Balaban J connectivity index is 0.000000278. The minimum atomic E-state index is -3.24. The molecule has 0 saturated heterocycles. The number of hydrogen-bond donors (Lipinski definition) is 0. The van der Waals surface area contributed by atoms with Gasteiger partial charge < -0.3 is 4.90 Å². The number of likely N-dealkylation sites (N-methyl/N-ethyl adjacent to an activating group) is 1. The molecule has 0 aromatic heterocycles. The zero-order valence-electron chi connectivity index (χ0n) is 84.3. The number of aryl methyl sites for hydroxylation is 3. The summed E-state index contributed by atoms with van der Waals surface area (Å²) >= 11 is 5.87. The Morgan fingerprint density at radius 3 is 1.28 bits per heavy atom. The van der Waals surface area contributed by atoms with E-state index in [0.717, 1.165) is 78.6 Å². The number of allylic oxidation sites excluding steroid dienone is 8. The number of sulfone groups is 1. The number of rotatable bonds is 25. The molecule has 11 radical (unpaired) electrons. The van der Waals surface area contributed by atoms with Gasteiger partial charge in [0.1, 0.15) is 78.6 Å². The van der Waals surface area contributed by atoms with Crippen LogP contribution in [0.25, 0.3) is 5.57 Å². The SMILES string of the molecule is CC1=C(/C=C/C=C/C=C2/N(C)c3ccc(S(C)(=O)=O)cc3C2(C)C)C(C)(C)c2cc(C)ccc21.CCCCCC[B]c1cccc(F)c1.CCCCCC[B]c1cccc(F)c1.C[B]c1cc(F)ccc1C.C[B]c1ccc(C)c(Cl)c1.C[B]c1cccc(F)c1.C[B]c1ccccc1.C[B]c1ccccc1.C[B]c1ccccc1.Fc1cccc([B]C2CCCC2)c1.[B]Cc1cccc(F)c1. The second-order valence-electron chi connectivity index (χ2n) is 35.0. The summed E-state index contributed by atoms with van der Waals surface area (Å²) in [5, 5.41) is 0.843. The van der Waals surface area contributed by atoms with Crippen molar-refractivity contribution in [2.75, 3.05) is 18.2 Å². The summed E-state index contributed by atoms with van der Waals surface area (Å²) in [6.07, 6.45) is 29.7. The highest BCUT2D eigenvalue weighted by atomic mass is 35.5. The molecule has 15 rings (SSSR count). The topological polar surface area (TPSA) is 37.4 Å². The van der Waals surface area contributed by atoms with Crippen molar-refractivity contribution in [2.45, 2.75) is 228 Å². The molecule has 12 aromatic rings. The molecule has 0 spiro atoms. The molecule has 1 saturated carbocycles. The summed E-state index contributed by atoms with van der Waals surface area (Å²) in [6, 6.07) is 87.0. The van der Waals surface area contributed by atoms with Crippen LogP contribution >= 0.6 is 11.6 Å². The van der Waals surface area contributed by atoms with Crippen molar-refractivity contribution in [1.29, 1.82) is 0 Å². The first-order valence-corrected chi connectivity index (χ1v) is 50.3. The lowest BCUT2D eigenvalue weighted by Crippen LogP contribution is -2.22. The highest BCUT2D eigenvalue weighted by Gasteiger charge is 2.39. The first-order chi connectivity index (χ1) is 65.7. The minimum absolute atomic E-state index is 0.0130. The molecule has 2 aliphatic carbocycles. The van der Waals surface area contributed by atoms with E-state index in [1.165, 1.54) is 188 Å². The summed E-state index contributed by atoms with van der Waals surface area (Å²) in [4.78, 5) is 2.52. The van der Waals surface area contributed by atoms with Gasteiger partial charge in [-0.05, 0) is 164 Å². The summed E-state index contributed by atoms with van der Waals surface area (Å²) in [5.41, 5.74) is 22.7. The van der Waals surface area contributed by atoms with E-state index in [1.807, 2.05) is 187 Å². The second kappa shape index (κ2) is 64.9. The number of halogens is 7. The minimum Gasteiger partial charge on any atom is -0.347 e. The third-order valence-electron chi connectivity index (χ3n) is 23.5. The molecule has 1 heterocycles. The highest BCUT2D eigenvalue weighted by molar-refractivity contribution is 7.90. The van der Waals surface area contributed by atoms with Gasteiger partial charge >= 0.3 is 0 Å². The molecule has 21 heteroatoms. The van der Waals surface area contributed by atoms with E-state index < -0.39 is 9.84 Å². The molecule has 0 bridgehead atoms. The predicted octanol–water partition coefficient (Wildman–Crippen LogP) is 25.1. The van der Waals surface area contributed by atoms with Gasteiger partial charge in [-0.25, -0.2) is 34.8 Å². The summed E-state index contributed by atoms with van der Waals surface area (Å²) < 4.78 is 99.7. The van der Waals surface area contributed by atoms with E-state index >= 15 is 0 Å². The van der Waals surface area contributed by atoms with Crippen molar-refractivity contribution in [2.24, 2.45) is 0 Å². The zero-order valence-corrected chi connectivity index (χ0v) is 85.9. The van der Waals surface area contributed by atoms with E-state index in [1.54, 1.807) is 66.7 Å². The lowest BCUT2D eigenvalue weighted by molar-refractivity contribution is 0.600. The van der Waals surface area contributed by atoms with Crippen LogP contribution in [0.3, 0.4) is 0 Å². The number of nitrogens with zero attached hydrogens (tertiary/aromatic N) is 1. The van der Waals surface area contributed by atoms with Crippen molar-refractivity contribution in [3.8, 4) is 0 Å². The van der Waals surface area contributed by atoms with Gasteiger partial charge in [0, 0.05) is 40.5 Å². The smallest absolute Gasteiger partial charge is 0.175 e. The van der Waals surface area contributed by atoms with Gasteiger partial charge in [0.15, 0.2) is 31.7 Å². The number of benzene rings is 12. The predicted molar refractivity (Wildman–Crippen MR) is 596 cm³/mol. The average molecular weight is 1870 g/mol. The Morgan fingerprint density at radius 2 is 0.861 bits per heavy atom. The first-order valence-electron chi connectivity index (χ1n) is 48.1. The molecular weight excluding hydrogens is 1730 g/mol. The van der Waals surface area contributed by atoms with Gasteiger partial charge in [0.2, 0.25) is 0 Å². The van der Waals surface area contributed by atoms with Gasteiger partial charge in [-0.3, -0.25) is 0 Å². The molecule has 3 aliphatic rings. The largest absolute Gasteiger partial charge is 0.347 e. The van der Waals surface area contributed by atoms with Crippen LogP contribution in [0, 0.1) is 55.7 Å². The third kappa shape index (κ3) is 44.3. The quantitative estimate of drug-likeness (QED) is 0.0248. The number of hydrogen-bond acceptors (Lipinski definition) is 3. The third-order valence-corrected chi connectivity index (χ3v) is 25.1. The molecule has 0 N–H and O–H groups in total. The Bertz CT molecular complexity index is 5550. The summed E-state index contributed by atoms with van der Waals surface area (Å²) in [6.45, 7) is 33.5. The molecule has 703 valence electrons. The molecule has 12 aromatic carbocycles. The highest BCUT2D eigenvalue weighted by Crippen LogP contribution is 2.49. The molecule has 1 aliphatic heterocycles.